The van der Waals surface area contributed by atoms with Crippen LogP contribution in [-0.4, -0.2) is 4.70 Å². The molecule has 0 radical (unpaired) electrons. The van der Waals surface area contributed by atoms with E-state index in [1.54, 1.807) is 0 Å². The second-order valence-corrected chi connectivity index (χ2v) is 8.20. The Morgan fingerprint density at radius 3 is 2.28 bits per heavy atom. The highest BCUT2D eigenvalue weighted by molar-refractivity contribution is 5.78. The van der Waals surface area contributed by atoms with Crippen LogP contribution in [-0.2, 0) is 6.42 Å². The molecule has 2 nitrogen and oxygen atoms in total. The van der Waals surface area contributed by atoms with Gasteiger partial charge in [0.05, 0.1) is 0 Å². The van der Waals surface area contributed by atoms with Crippen LogP contribution in [0.4, 0.5) is 0 Å². The van der Waals surface area contributed by atoms with Crippen molar-refractivity contribution in [3.8, 4) is 0 Å². The number of rotatable bonds is 10. The number of unbranched alkanes of at least 4 members (excludes halogenated alkanes) is 4. The molecule has 0 bridgehead atoms. The molecule has 0 saturated heterocycles. The number of aryl methyl sites for hydroxylation is 2. The lowest BCUT2D eigenvalue weighted by atomic mass is 10.0. The predicted molar refractivity (Wildman–Crippen MR) is 124 cm³/mol. The SMILES string of the molecule is CCCCCCC1=C(c2ccc(C)cc2)[N+](=[N-])C(c2cccc(CCCC)c2)=C1. The molecule has 0 unspecified atom stereocenters. The zero-order valence-corrected chi connectivity index (χ0v) is 18.2. The predicted octanol–water partition coefficient (Wildman–Crippen LogP) is 8.11. The van der Waals surface area contributed by atoms with Crippen LogP contribution in [0.5, 0.6) is 0 Å². The molecular weight excluding hydrogens is 352 g/mol. The minimum Gasteiger partial charge on any atom is -0.493 e. The normalized spacial score (nSPS) is 13.9. The molecule has 0 saturated carbocycles. The lowest BCUT2D eigenvalue weighted by molar-refractivity contribution is -0.344. The summed E-state index contributed by atoms with van der Waals surface area (Å²) >= 11 is 0. The molecule has 0 amide bonds. The maximum Gasteiger partial charge on any atom is 0.210 e. The van der Waals surface area contributed by atoms with Gasteiger partial charge in [-0.15, -0.1) is 0 Å². The van der Waals surface area contributed by atoms with Crippen molar-refractivity contribution < 1.29 is 4.70 Å². The van der Waals surface area contributed by atoms with E-state index in [1.807, 2.05) is 0 Å². The van der Waals surface area contributed by atoms with Crippen molar-refractivity contribution in [1.82, 2.24) is 0 Å². The summed E-state index contributed by atoms with van der Waals surface area (Å²) in [5.74, 6) is 0. The Bertz CT molecular complexity index is 900. The first-order valence-electron chi connectivity index (χ1n) is 11.2. The van der Waals surface area contributed by atoms with E-state index in [2.05, 4.69) is 75.4 Å². The van der Waals surface area contributed by atoms with Crippen LogP contribution in [0.3, 0.4) is 0 Å². The highest BCUT2D eigenvalue weighted by atomic mass is 15.2. The molecular formula is C27H34N2. The number of nitrogens with zero attached hydrogens (tertiary/aromatic N) is 2. The van der Waals surface area contributed by atoms with Crippen molar-refractivity contribution in [2.75, 3.05) is 0 Å². The van der Waals surface area contributed by atoms with Crippen molar-refractivity contribution >= 4 is 11.4 Å². The van der Waals surface area contributed by atoms with Crippen LogP contribution in [0.1, 0.15) is 81.0 Å². The van der Waals surface area contributed by atoms with E-state index in [9.17, 15) is 5.53 Å². The number of hydrogen-bond acceptors (Lipinski definition) is 0. The molecule has 2 aromatic carbocycles. The van der Waals surface area contributed by atoms with Gasteiger partial charge in [0, 0.05) is 22.8 Å². The van der Waals surface area contributed by atoms with Crippen molar-refractivity contribution in [3.05, 3.63) is 88.0 Å². The molecule has 1 aliphatic rings. The first kappa shape index (κ1) is 21.2. The maximum absolute atomic E-state index is 11.2. The average Bonchev–Trinajstić information content (AvgIpc) is 3.07. The van der Waals surface area contributed by atoms with Gasteiger partial charge in [-0.05, 0) is 62.4 Å². The second-order valence-electron chi connectivity index (χ2n) is 8.20. The zero-order chi connectivity index (χ0) is 20.6. The Morgan fingerprint density at radius 1 is 0.793 bits per heavy atom. The summed E-state index contributed by atoms with van der Waals surface area (Å²) in [5, 5.41) is 0. The van der Waals surface area contributed by atoms with Crippen molar-refractivity contribution in [2.45, 2.75) is 72.1 Å². The molecule has 0 spiro atoms. The van der Waals surface area contributed by atoms with E-state index in [-0.39, 0.29) is 0 Å². The molecule has 0 aromatic heterocycles. The summed E-state index contributed by atoms with van der Waals surface area (Å²) in [6.07, 6.45) is 11.6. The third-order valence-electron chi connectivity index (χ3n) is 5.72. The lowest BCUT2D eigenvalue weighted by Crippen LogP contribution is -2.02. The Kier molecular flexibility index (Phi) is 7.57. The third-order valence-corrected chi connectivity index (χ3v) is 5.72. The number of hydrogen-bond donors (Lipinski definition) is 0. The van der Waals surface area contributed by atoms with Crippen LogP contribution in [0.25, 0.3) is 16.9 Å². The molecule has 2 heteroatoms. The smallest absolute Gasteiger partial charge is 0.210 e. The van der Waals surface area contributed by atoms with Crippen LogP contribution in [0, 0.1) is 6.92 Å². The Morgan fingerprint density at radius 2 is 1.55 bits per heavy atom. The molecule has 1 heterocycles. The summed E-state index contributed by atoms with van der Waals surface area (Å²) in [5.41, 5.74) is 19.0. The van der Waals surface area contributed by atoms with Gasteiger partial charge in [0.25, 0.3) is 0 Å². The summed E-state index contributed by atoms with van der Waals surface area (Å²) < 4.78 is 1.42. The fourth-order valence-corrected chi connectivity index (χ4v) is 3.98. The van der Waals surface area contributed by atoms with Gasteiger partial charge in [0.15, 0.2) is 0 Å². The van der Waals surface area contributed by atoms with E-state index in [0.717, 1.165) is 41.8 Å². The van der Waals surface area contributed by atoms with Crippen molar-refractivity contribution in [2.24, 2.45) is 0 Å². The number of allylic oxidation sites excluding steroid dienone is 2. The molecule has 0 fully saturated rings. The van der Waals surface area contributed by atoms with E-state index in [1.165, 1.54) is 53.5 Å². The molecule has 152 valence electrons. The van der Waals surface area contributed by atoms with E-state index >= 15 is 0 Å². The van der Waals surface area contributed by atoms with E-state index in [0.29, 0.717) is 0 Å². The summed E-state index contributed by atoms with van der Waals surface area (Å²) in [6.45, 7) is 6.56. The van der Waals surface area contributed by atoms with Gasteiger partial charge < -0.3 is 5.53 Å². The molecule has 0 atom stereocenters. The maximum atomic E-state index is 11.2. The first-order chi connectivity index (χ1) is 14.1. The quantitative estimate of drug-likeness (QED) is 0.291. The summed E-state index contributed by atoms with van der Waals surface area (Å²) in [4.78, 5) is 0. The molecule has 0 aliphatic carbocycles. The average molecular weight is 387 g/mol. The standard InChI is InChI=1S/C27H34N2/c1-4-6-8-9-13-25-20-26(24-14-10-12-22(19-24)11-7-5-2)29(28)27(25)23-17-15-21(3)16-18-23/h10,12,14-20H,4-9,11,13H2,1-3H3. The Labute approximate surface area is 176 Å². The van der Waals surface area contributed by atoms with E-state index < -0.39 is 0 Å². The van der Waals surface area contributed by atoms with E-state index in [4.69, 9.17) is 0 Å². The molecule has 1 aliphatic heterocycles. The monoisotopic (exact) mass is 386 g/mol. The molecule has 0 N–H and O–H groups in total. The highest BCUT2D eigenvalue weighted by Crippen LogP contribution is 2.37. The molecule has 29 heavy (non-hydrogen) atoms. The minimum atomic E-state index is 0.893. The van der Waals surface area contributed by atoms with Crippen LogP contribution in [0.15, 0.2) is 60.2 Å². The van der Waals surface area contributed by atoms with Gasteiger partial charge >= 0.3 is 0 Å². The second kappa shape index (κ2) is 10.3. The summed E-state index contributed by atoms with van der Waals surface area (Å²) in [6, 6.07) is 17.1. The van der Waals surface area contributed by atoms with Gasteiger partial charge in [-0.3, -0.25) is 0 Å². The number of benzene rings is 2. The summed E-state index contributed by atoms with van der Waals surface area (Å²) in [7, 11) is 0. The van der Waals surface area contributed by atoms with Crippen LogP contribution >= 0.6 is 0 Å². The molecule has 3 rings (SSSR count). The van der Waals surface area contributed by atoms with Crippen molar-refractivity contribution in [3.63, 3.8) is 0 Å². The van der Waals surface area contributed by atoms with Crippen LogP contribution in [0.2, 0.25) is 0 Å². The largest absolute Gasteiger partial charge is 0.493 e. The van der Waals surface area contributed by atoms with Gasteiger partial charge in [0.1, 0.15) is 0 Å². The highest BCUT2D eigenvalue weighted by Gasteiger charge is 2.28. The fraction of sp³-hybridized carbons (Fsp3) is 0.407. The van der Waals surface area contributed by atoms with Gasteiger partial charge in [0.2, 0.25) is 11.4 Å². The van der Waals surface area contributed by atoms with Crippen molar-refractivity contribution in [1.29, 1.82) is 0 Å². The molecule has 2 aromatic rings. The van der Waals surface area contributed by atoms with Gasteiger partial charge in [-0.2, -0.15) is 0 Å². The Hall–Kier alpha value is -2.48. The fourth-order valence-electron chi connectivity index (χ4n) is 3.98. The lowest BCUT2D eigenvalue weighted by Gasteiger charge is -2.10. The van der Waals surface area contributed by atoms with Crippen LogP contribution < -0.4 is 0 Å². The third kappa shape index (κ3) is 5.32. The first-order valence-corrected chi connectivity index (χ1v) is 11.2. The zero-order valence-electron chi connectivity index (χ0n) is 18.2. The topological polar surface area (TPSA) is 25.3 Å². The van der Waals surface area contributed by atoms with Gasteiger partial charge in [-0.1, -0.05) is 69.4 Å². The van der Waals surface area contributed by atoms with Gasteiger partial charge in [-0.25, -0.2) is 4.70 Å². The Balaban J connectivity index is 1.90. The minimum absolute atomic E-state index is 0.893.